The second kappa shape index (κ2) is 23.7. The van der Waals surface area contributed by atoms with Crippen molar-refractivity contribution in [2.24, 2.45) is 17.3 Å². The number of rotatable bonds is 19. The normalized spacial score (nSPS) is 16.4. The standard InChI is InChI=1S/C51H67N7O7.CH4O/c1-10-44(60)56-25-21-38(30-56)49(62)55(8)46(33(3)4)48(61)54-42(50(63)58-24-13-12-23-53-58)27-35-16-14-17-36(26-35)37-19-20-43-40(28-37)41(29-51(6,7)31-65-32-59)47(57(43)11-2)39-18-15-22-52-45(39)34(5)64-9;1-2/h10,14-20,22,26,28,32-34,38,42,46,53H,1,11-13,21,23-25,27,29-31H2,2-9H3,(H,54,61);2H,1H3. The molecule has 3 N–H and O–H groups in total. The van der Waals surface area contributed by atoms with Crippen LogP contribution in [0, 0.1) is 17.3 Å². The number of fused-ring (bicyclic) bond motifs is 1. The summed E-state index contributed by atoms with van der Waals surface area (Å²) in [6.07, 6.45) is 5.90. The van der Waals surface area contributed by atoms with Gasteiger partial charge in [0.15, 0.2) is 0 Å². The van der Waals surface area contributed by atoms with Gasteiger partial charge >= 0.3 is 0 Å². The number of aliphatic hydroxyl groups excluding tert-OH is 1. The summed E-state index contributed by atoms with van der Waals surface area (Å²) in [5, 5.41) is 12.8. The SMILES string of the molecule is C=CC(=O)N1CCC(C(=O)N(C)C(C(=O)NC(Cc2cccc(-c3ccc4c(c3)c(CC(C)(C)COC=O)c(-c3cccnc3C(C)OC)n4CC)c2)C(=O)N2CCCCN2)C(C)C)C1.CO. The number of methoxy groups -OCH3 is 1. The van der Waals surface area contributed by atoms with E-state index in [1.165, 1.54) is 11.0 Å². The van der Waals surface area contributed by atoms with E-state index in [-0.39, 0.29) is 49.3 Å². The molecule has 0 bridgehead atoms. The number of carbonyl (C=O) groups is 5. The quantitative estimate of drug-likeness (QED) is 0.0735. The molecule has 4 aromatic rings. The lowest BCUT2D eigenvalue weighted by Crippen LogP contribution is -2.59. The number of likely N-dealkylation sites (N-methyl/N-ethyl adjacent to an activating group) is 1. The van der Waals surface area contributed by atoms with Crippen molar-refractivity contribution < 1.29 is 38.6 Å². The summed E-state index contributed by atoms with van der Waals surface area (Å²) >= 11 is 0. The van der Waals surface area contributed by atoms with Crippen LogP contribution in [0.15, 0.2) is 73.4 Å². The Labute approximate surface area is 395 Å². The topological polar surface area (TPSA) is 176 Å². The summed E-state index contributed by atoms with van der Waals surface area (Å²) in [5.41, 5.74) is 10.6. The molecule has 4 atom stereocenters. The smallest absolute Gasteiger partial charge is 0.293 e. The van der Waals surface area contributed by atoms with E-state index in [1.807, 2.05) is 45.0 Å². The molecule has 4 unspecified atom stereocenters. The van der Waals surface area contributed by atoms with Gasteiger partial charge in [-0.25, -0.2) is 5.43 Å². The number of pyridine rings is 1. The molecule has 0 saturated carbocycles. The molecular formula is C52H71N7O8. The van der Waals surface area contributed by atoms with Crippen LogP contribution < -0.4 is 10.7 Å². The molecule has 4 amide bonds. The summed E-state index contributed by atoms with van der Waals surface area (Å²) in [5.74, 6) is -1.78. The predicted molar refractivity (Wildman–Crippen MR) is 260 cm³/mol. The van der Waals surface area contributed by atoms with Crippen molar-refractivity contribution >= 4 is 41.0 Å². The molecule has 2 aliphatic heterocycles. The molecule has 6 rings (SSSR count). The average molecular weight is 922 g/mol. The Balaban J connectivity index is 0.00000414. The summed E-state index contributed by atoms with van der Waals surface area (Å²) in [4.78, 5) is 74.0. The maximum absolute atomic E-state index is 14.4. The van der Waals surface area contributed by atoms with Crippen molar-refractivity contribution in [3.05, 3.63) is 90.3 Å². The predicted octanol–water partition coefficient (Wildman–Crippen LogP) is 6.12. The fraction of sp³-hybridized carbons (Fsp3) is 0.500. The van der Waals surface area contributed by atoms with Crippen molar-refractivity contribution in [2.75, 3.05) is 54.1 Å². The molecule has 362 valence electrons. The first-order valence-corrected chi connectivity index (χ1v) is 23.4. The molecule has 2 fully saturated rings. The third kappa shape index (κ3) is 12.2. The van der Waals surface area contributed by atoms with Crippen LogP contribution in [0.25, 0.3) is 33.3 Å². The minimum absolute atomic E-state index is 0.212. The molecule has 0 spiro atoms. The minimum Gasteiger partial charge on any atom is -0.467 e. The highest BCUT2D eigenvalue weighted by molar-refractivity contribution is 5.96. The largest absolute Gasteiger partial charge is 0.467 e. The number of likely N-dealkylation sites (tertiary alicyclic amines) is 1. The monoisotopic (exact) mass is 922 g/mol. The van der Waals surface area contributed by atoms with Gasteiger partial charge in [-0.3, -0.25) is 34.0 Å². The maximum Gasteiger partial charge on any atom is 0.293 e. The highest BCUT2D eigenvalue weighted by Crippen LogP contribution is 2.42. The summed E-state index contributed by atoms with van der Waals surface area (Å²) in [7, 11) is 4.31. The number of hydrazine groups is 1. The van der Waals surface area contributed by atoms with Gasteiger partial charge in [0.1, 0.15) is 12.1 Å². The van der Waals surface area contributed by atoms with E-state index in [1.54, 1.807) is 30.3 Å². The van der Waals surface area contributed by atoms with Crippen LogP contribution in [0.5, 0.6) is 0 Å². The van der Waals surface area contributed by atoms with Crippen LogP contribution in [-0.2, 0) is 52.8 Å². The van der Waals surface area contributed by atoms with Gasteiger partial charge in [0.2, 0.25) is 17.7 Å². The Hall–Kier alpha value is -5.90. The van der Waals surface area contributed by atoms with E-state index in [9.17, 15) is 24.0 Å². The van der Waals surface area contributed by atoms with Gasteiger partial charge in [-0.1, -0.05) is 64.6 Å². The lowest BCUT2D eigenvalue weighted by atomic mass is 9.84. The number of aryl methyl sites for hydroxylation is 1. The highest BCUT2D eigenvalue weighted by atomic mass is 16.5. The van der Waals surface area contributed by atoms with Gasteiger partial charge in [-0.2, -0.15) is 0 Å². The lowest BCUT2D eigenvalue weighted by Gasteiger charge is -2.35. The highest BCUT2D eigenvalue weighted by Gasteiger charge is 2.39. The van der Waals surface area contributed by atoms with E-state index in [4.69, 9.17) is 19.6 Å². The summed E-state index contributed by atoms with van der Waals surface area (Å²) < 4.78 is 13.4. The Morgan fingerprint density at radius 1 is 1.04 bits per heavy atom. The lowest BCUT2D eigenvalue weighted by molar-refractivity contribution is -0.145. The minimum atomic E-state index is -0.922. The number of nitrogens with one attached hydrogen (secondary N) is 2. The molecule has 2 aromatic heterocycles. The van der Waals surface area contributed by atoms with Crippen molar-refractivity contribution in [3.8, 4) is 22.4 Å². The van der Waals surface area contributed by atoms with Gasteiger partial charge in [-0.15, -0.1) is 0 Å². The van der Waals surface area contributed by atoms with E-state index in [2.05, 4.69) is 73.0 Å². The molecule has 67 heavy (non-hydrogen) atoms. The maximum atomic E-state index is 14.4. The number of aromatic nitrogens is 2. The number of hydrogen-bond acceptors (Lipinski definition) is 10. The first kappa shape index (κ1) is 52.1. The number of nitrogens with zero attached hydrogens (tertiary/aromatic N) is 5. The van der Waals surface area contributed by atoms with Gasteiger partial charge in [-0.05, 0) is 98.0 Å². The van der Waals surface area contributed by atoms with Crippen LogP contribution in [0.3, 0.4) is 0 Å². The Kier molecular flexibility index (Phi) is 18.4. The fourth-order valence-corrected chi connectivity index (χ4v) is 9.54. The zero-order valence-corrected chi connectivity index (χ0v) is 40.8. The van der Waals surface area contributed by atoms with Gasteiger partial charge in [0.05, 0.1) is 30.0 Å². The molecule has 15 heteroatoms. The first-order valence-electron chi connectivity index (χ1n) is 23.4. The zero-order chi connectivity index (χ0) is 49.0. The van der Waals surface area contributed by atoms with Gasteiger partial charge in [0.25, 0.3) is 12.4 Å². The van der Waals surface area contributed by atoms with E-state index in [0.29, 0.717) is 45.5 Å². The number of hydrogen-bond donors (Lipinski definition) is 3. The van der Waals surface area contributed by atoms with Crippen molar-refractivity contribution in [3.63, 3.8) is 0 Å². The van der Waals surface area contributed by atoms with Crippen LogP contribution in [0.2, 0.25) is 0 Å². The first-order chi connectivity index (χ1) is 32.1. The number of amides is 4. The summed E-state index contributed by atoms with van der Waals surface area (Å²) in [6, 6.07) is 16.8. The van der Waals surface area contributed by atoms with E-state index < -0.39 is 29.3 Å². The number of benzene rings is 2. The Morgan fingerprint density at radius 2 is 1.79 bits per heavy atom. The summed E-state index contributed by atoms with van der Waals surface area (Å²) in [6.45, 7) is 19.0. The van der Waals surface area contributed by atoms with Crippen LogP contribution in [-0.4, -0.2) is 126 Å². The molecule has 2 aliphatic rings. The van der Waals surface area contributed by atoms with Crippen LogP contribution in [0.1, 0.15) is 83.7 Å². The van der Waals surface area contributed by atoms with Crippen LogP contribution >= 0.6 is 0 Å². The molecule has 0 radical (unpaired) electrons. The molecule has 0 aliphatic carbocycles. The number of ether oxygens (including phenoxy) is 2. The Bertz CT molecular complexity index is 2370. The number of carbonyl (C=O) groups excluding carboxylic acids is 5. The van der Waals surface area contributed by atoms with Gasteiger partial charge in [0, 0.05) is 88.5 Å². The van der Waals surface area contributed by atoms with Crippen molar-refractivity contribution in [1.82, 2.24) is 35.1 Å². The van der Waals surface area contributed by atoms with Crippen molar-refractivity contribution in [2.45, 2.75) is 98.4 Å². The third-order valence-corrected chi connectivity index (χ3v) is 12.9. The average Bonchev–Trinajstić information content (AvgIpc) is 3.96. The van der Waals surface area contributed by atoms with E-state index in [0.717, 1.165) is 70.1 Å². The molecule has 15 nitrogen and oxygen atoms in total. The molecule has 2 saturated heterocycles. The fourth-order valence-electron chi connectivity index (χ4n) is 9.54. The van der Waals surface area contributed by atoms with Crippen molar-refractivity contribution in [1.29, 1.82) is 0 Å². The number of aliphatic hydroxyl groups is 1. The zero-order valence-electron chi connectivity index (χ0n) is 40.8. The molecule has 2 aromatic carbocycles. The Morgan fingerprint density at radius 3 is 2.45 bits per heavy atom. The van der Waals surface area contributed by atoms with Crippen LogP contribution in [0.4, 0.5) is 0 Å². The van der Waals surface area contributed by atoms with Gasteiger partial charge < -0.3 is 34.3 Å². The second-order valence-corrected chi connectivity index (χ2v) is 18.5. The molecule has 4 heterocycles. The van der Waals surface area contributed by atoms with E-state index >= 15 is 0 Å². The molecular weight excluding hydrogens is 851 g/mol. The third-order valence-electron chi connectivity index (χ3n) is 12.9. The second-order valence-electron chi connectivity index (χ2n) is 18.5.